The Morgan fingerprint density at radius 1 is 1.44 bits per heavy atom. The van der Waals surface area contributed by atoms with Crippen LogP contribution < -0.4 is 4.74 Å². The molecule has 4 heteroatoms. The first kappa shape index (κ1) is 11.2. The molecule has 2 rings (SSSR count). The molecule has 0 aliphatic carbocycles. The maximum absolute atomic E-state index is 5.72. The Morgan fingerprint density at radius 3 is 2.94 bits per heavy atom. The number of imidazole rings is 1. The first-order valence-corrected chi connectivity index (χ1v) is 5.95. The zero-order chi connectivity index (χ0) is 11.5. The third-order valence-electron chi connectivity index (χ3n) is 2.34. The highest BCUT2D eigenvalue weighted by Crippen LogP contribution is 2.24. The van der Waals surface area contributed by atoms with Gasteiger partial charge in [-0.05, 0) is 32.0 Å². The number of aryl methyl sites for hydroxylation is 1. The van der Waals surface area contributed by atoms with E-state index in [0.717, 1.165) is 22.5 Å². The Labute approximate surface area is 103 Å². The van der Waals surface area contributed by atoms with Crippen molar-refractivity contribution in [3.63, 3.8) is 0 Å². The predicted molar refractivity (Wildman–Crippen MR) is 66.9 cm³/mol. The topological polar surface area (TPSA) is 27.1 Å². The molecule has 0 radical (unpaired) electrons. The van der Waals surface area contributed by atoms with E-state index in [1.807, 2.05) is 42.0 Å². The van der Waals surface area contributed by atoms with Crippen LogP contribution in [0.15, 0.2) is 34.9 Å². The third-order valence-corrected chi connectivity index (χ3v) is 2.83. The second-order valence-corrected chi connectivity index (χ2v) is 4.40. The Kier molecular flexibility index (Phi) is 3.29. The van der Waals surface area contributed by atoms with E-state index < -0.39 is 0 Å². The molecule has 0 aliphatic rings. The van der Waals surface area contributed by atoms with Crippen LogP contribution in [0.3, 0.4) is 0 Å². The zero-order valence-electron chi connectivity index (χ0n) is 9.27. The van der Waals surface area contributed by atoms with Gasteiger partial charge in [-0.3, -0.25) is 4.57 Å². The highest BCUT2D eigenvalue weighted by Gasteiger charge is 2.07. The summed E-state index contributed by atoms with van der Waals surface area (Å²) in [7, 11) is 0. The van der Waals surface area contributed by atoms with Crippen molar-refractivity contribution >= 4 is 15.9 Å². The van der Waals surface area contributed by atoms with Crippen molar-refractivity contribution in [2.24, 2.45) is 0 Å². The van der Waals surface area contributed by atoms with Crippen LogP contribution in [0.25, 0.3) is 0 Å². The molecule has 0 saturated heterocycles. The van der Waals surface area contributed by atoms with Crippen molar-refractivity contribution in [1.82, 2.24) is 9.55 Å². The van der Waals surface area contributed by atoms with Gasteiger partial charge in [-0.2, -0.15) is 0 Å². The molecule has 0 aliphatic heterocycles. The molecule has 0 spiro atoms. The van der Waals surface area contributed by atoms with Gasteiger partial charge in [0.25, 0.3) is 0 Å². The maximum atomic E-state index is 5.72. The molecule has 3 nitrogen and oxygen atoms in total. The molecule has 0 bridgehead atoms. The average molecular weight is 281 g/mol. The van der Waals surface area contributed by atoms with Gasteiger partial charge in [-0.1, -0.05) is 22.0 Å². The summed E-state index contributed by atoms with van der Waals surface area (Å²) in [6, 6.07) is 8.37. The molecular formula is C12H13BrN2O. The maximum Gasteiger partial charge on any atom is 0.302 e. The summed E-state index contributed by atoms with van der Waals surface area (Å²) < 4.78 is 8.75. The lowest BCUT2D eigenvalue weighted by Gasteiger charge is -2.08. The normalized spacial score (nSPS) is 10.4. The van der Waals surface area contributed by atoms with E-state index in [2.05, 4.69) is 27.8 Å². The Hall–Kier alpha value is -1.29. The second kappa shape index (κ2) is 4.70. The summed E-state index contributed by atoms with van der Waals surface area (Å²) in [5.74, 6) is 0.787. The number of rotatable bonds is 3. The summed E-state index contributed by atoms with van der Waals surface area (Å²) in [6.45, 7) is 4.95. The van der Waals surface area contributed by atoms with Crippen molar-refractivity contribution in [3.05, 3.63) is 40.6 Å². The Morgan fingerprint density at radius 2 is 2.25 bits per heavy atom. The quantitative estimate of drug-likeness (QED) is 0.856. The van der Waals surface area contributed by atoms with Gasteiger partial charge in [0.15, 0.2) is 0 Å². The van der Waals surface area contributed by atoms with Crippen LogP contribution in [0.1, 0.15) is 12.6 Å². The van der Waals surface area contributed by atoms with Crippen LogP contribution in [0, 0.1) is 6.92 Å². The standard InChI is InChI=1S/C12H13BrN2O/c1-3-15-9(2)8-14-12(15)16-11-6-4-5-10(13)7-11/h4-8H,3H2,1-2H3. The SMILES string of the molecule is CCn1c(C)cnc1Oc1cccc(Br)c1. The molecule has 0 N–H and O–H groups in total. The van der Waals surface area contributed by atoms with E-state index in [4.69, 9.17) is 4.74 Å². The molecular weight excluding hydrogens is 268 g/mol. The van der Waals surface area contributed by atoms with Crippen molar-refractivity contribution in [3.8, 4) is 11.8 Å². The van der Waals surface area contributed by atoms with Crippen LogP contribution >= 0.6 is 15.9 Å². The highest BCUT2D eigenvalue weighted by molar-refractivity contribution is 9.10. The lowest BCUT2D eigenvalue weighted by Crippen LogP contribution is -2.00. The molecule has 2 aromatic rings. The van der Waals surface area contributed by atoms with Gasteiger partial charge >= 0.3 is 6.01 Å². The summed E-state index contributed by atoms with van der Waals surface area (Å²) in [5, 5.41) is 0. The van der Waals surface area contributed by atoms with Crippen molar-refractivity contribution in [2.45, 2.75) is 20.4 Å². The van der Waals surface area contributed by atoms with Gasteiger partial charge in [-0.15, -0.1) is 0 Å². The fraction of sp³-hybridized carbons (Fsp3) is 0.250. The molecule has 0 saturated carbocycles. The lowest BCUT2D eigenvalue weighted by atomic mass is 10.3. The molecule has 1 aromatic carbocycles. The molecule has 0 fully saturated rings. The van der Waals surface area contributed by atoms with Gasteiger partial charge in [0.1, 0.15) is 5.75 Å². The van der Waals surface area contributed by atoms with Crippen molar-refractivity contribution in [1.29, 1.82) is 0 Å². The van der Waals surface area contributed by atoms with Gasteiger partial charge in [0, 0.05) is 16.7 Å². The van der Waals surface area contributed by atoms with E-state index in [9.17, 15) is 0 Å². The van der Waals surface area contributed by atoms with E-state index in [0.29, 0.717) is 6.01 Å². The van der Waals surface area contributed by atoms with Crippen LogP contribution in [-0.4, -0.2) is 9.55 Å². The van der Waals surface area contributed by atoms with Gasteiger partial charge in [0.05, 0.1) is 6.20 Å². The Bertz CT molecular complexity index is 494. The fourth-order valence-corrected chi connectivity index (χ4v) is 1.92. The lowest BCUT2D eigenvalue weighted by molar-refractivity contribution is 0.413. The first-order chi connectivity index (χ1) is 7.70. The predicted octanol–water partition coefficient (Wildman–Crippen LogP) is 3.77. The van der Waals surface area contributed by atoms with Gasteiger partial charge in [0.2, 0.25) is 0 Å². The van der Waals surface area contributed by atoms with Gasteiger partial charge in [-0.25, -0.2) is 4.98 Å². The van der Waals surface area contributed by atoms with Crippen molar-refractivity contribution < 1.29 is 4.74 Å². The van der Waals surface area contributed by atoms with Crippen molar-refractivity contribution in [2.75, 3.05) is 0 Å². The smallest absolute Gasteiger partial charge is 0.302 e. The molecule has 1 heterocycles. The number of benzene rings is 1. The molecule has 84 valence electrons. The summed E-state index contributed by atoms with van der Waals surface area (Å²) in [4.78, 5) is 4.24. The summed E-state index contributed by atoms with van der Waals surface area (Å²) >= 11 is 3.41. The number of aromatic nitrogens is 2. The fourth-order valence-electron chi connectivity index (χ4n) is 1.54. The van der Waals surface area contributed by atoms with Crippen LogP contribution in [0.4, 0.5) is 0 Å². The zero-order valence-corrected chi connectivity index (χ0v) is 10.9. The van der Waals surface area contributed by atoms with Gasteiger partial charge < -0.3 is 4.74 Å². The molecule has 16 heavy (non-hydrogen) atoms. The number of hydrogen-bond donors (Lipinski definition) is 0. The van der Waals surface area contributed by atoms with E-state index in [1.54, 1.807) is 0 Å². The first-order valence-electron chi connectivity index (χ1n) is 5.16. The molecule has 1 aromatic heterocycles. The van der Waals surface area contributed by atoms with Crippen LogP contribution in [-0.2, 0) is 6.54 Å². The van der Waals surface area contributed by atoms with Crippen LogP contribution in [0.5, 0.6) is 11.8 Å². The minimum Gasteiger partial charge on any atom is -0.425 e. The minimum atomic E-state index is 0.637. The minimum absolute atomic E-state index is 0.637. The van der Waals surface area contributed by atoms with Crippen LogP contribution in [0.2, 0.25) is 0 Å². The summed E-state index contributed by atoms with van der Waals surface area (Å²) in [5.41, 5.74) is 1.10. The largest absolute Gasteiger partial charge is 0.425 e. The van der Waals surface area contributed by atoms with E-state index in [1.165, 1.54) is 0 Å². The molecule has 0 amide bonds. The highest BCUT2D eigenvalue weighted by atomic mass is 79.9. The number of halogens is 1. The number of hydrogen-bond acceptors (Lipinski definition) is 2. The van der Waals surface area contributed by atoms with E-state index >= 15 is 0 Å². The third kappa shape index (κ3) is 2.27. The number of nitrogens with zero attached hydrogens (tertiary/aromatic N) is 2. The molecule has 0 unspecified atom stereocenters. The second-order valence-electron chi connectivity index (χ2n) is 3.49. The Balaban J connectivity index is 2.27. The van der Waals surface area contributed by atoms with E-state index in [-0.39, 0.29) is 0 Å². The monoisotopic (exact) mass is 280 g/mol. The summed E-state index contributed by atoms with van der Waals surface area (Å²) in [6.07, 6.45) is 1.82. The molecule has 0 atom stereocenters. The average Bonchev–Trinajstić information content (AvgIpc) is 2.59. The number of ether oxygens (including phenoxy) is 1.